The molecule has 0 spiro atoms. The van der Waals surface area contributed by atoms with Crippen molar-refractivity contribution >= 4 is 11.7 Å². The number of anilines is 1. The first-order chi connectivity index (χ1) is 7.68. The van der Waals surface area contributed by atoms with E-state index >= 15 is 0 Å². The topological polar surface area (TPSA) is 29.5 Å². The van der Waals surface area contributed by atoms with Crippen molar-refractivity contribution < 1.29 is 9.53 Å². The van der Waals surface area contributed by atoms with Gasteiger partial charge in [-0.15, -0.1) is 0 Å². The first kappa shape index (κ1) is 11.0. The Bertz CT molecular complexity index is 389. The summed E-state index contributed by atoms with van der Waals surface area (Å²) >= 11 is 0. The molecule has 0 saturated carbocycles. The van der Waals surface area contributed by atoms with Crippen molar-refractivity contribution in [3.05, 3.63) is 29.8 Å². The van der Waals surface area contributed by atoms with Crippen molar-refractivity contribution in [1.82, 2.24) is 0 Å². The lowest BCUT2D eigenvalue weighted by molar-refractivity contribution is -0.140. The Morgan fingerprint density at radius 2 is 2.19 bits per heavy atom. The van der Waals surface area contributed by atoms with Crippen LogP contribution >= 0.6 is 0 Å². The van der Waals surface area contributed by atoms with Gasteiger partial charge in [0.1, 0.15) is 0 Å². The summed E-state index contributed by atoms with van der Waals surface area (Å²) in [6.07, 6.45) is 0.842. The molecule has 0 bridgehead atoms. The molecule has 0 aromatic heterocycles. The number of hydrogen-bond donors (Lipinski definition) is 0. The molecule has 0 aliphatic carbocycles. The summed E-state index contributed by atoms with van der Waals surface area (Å²) in [7, 11) is 2.02. The minimum atomic E-state index is -0.0552. The van der Waals surface area contributed by atoms with Gasteiger partial charge in [-0.3, -0.25) is 4.79 Å². The fourth-order valence-electron chi connectivity index (χ4n) is 2.12. The molecule has 0 radical (unpaired) electrons. The zero-order chi connectivity index (χ0) is 11.5. The summed E-state index contributed by atoms with van der Waals surface area (Å²) < 4.78 is 4.97. The highest BCUT2D eigenvalue weighted by atomic mass is 16.5. The average molecular weight is 219 g/mol. The van der Waals surface area contributed by atoms with Gasteiger partial charge in [0.2, 0.25) is 0 Å². The Morgan fingerprint density at radius 1 is 1.44 bits per heavy atom. The predicted molar refractivity (Wildman–Crippen MR) is 63.5 cm³/mol. The van der Waals surface area contributed by atoms with Crippen molar-refractivity contribution in [3.8, 4) is 0 Å². The second kappa shape index (κ2) is 4.56. The minimum absolute atomic E-state index is 0.0320. The molecule has 1 heterocycles. The van der Waals surface area contributed by atoms with Gasteiger partial charge in [0.25, 0.3) is 0 Å². The quantitative estimate of drug-likeness (QED) is 0.728. The van der Waals surface area contributed by atoms with Crippen LogP contribution < -0.4 is 4.90 Å². The summed E-state index contributed by atoms with van der Waals surface area (Å²) in [5.74, 6) is -0.0231. The standard InChI is InChI=1S/C13H17NO2/c1-10-5-3-4-6-12(10)14(2)9-11-7-8-16-13(11)15/h3-6,11H,7-9H2,1-2H3/t11-/m1/s1. The van der Waals surface area contributed by atoms with Crippen LogP contribution in [0.15, 0.2) is 24.3 Å². The molecule has 1 atom stereocenters. The van der Waals surface area contributed by atoms with Crippen molar-refractivity contribution in [1.29, 1.82) is 0 Å². The van der Waals surface area contributed by atoms with E-state index in [0.29, 0.717) is 6.61 Å². The molecule has 1 aliphatic heterocycles. The molecule has 1 fully saturated rings. The van der Waals surface area contributed by atoms with Crippen LogP contribution in [0.1, 0.15) is 12.0 Å². The van der Waals surface area contributed by atoms with Crippen molar-refractivity contribution in [3.63, 3.8) is 0 Å². The van der Waals surface area contributed by atoms with Crippen molar-refractivity contribution in [2.24, 2.45) is 5.92 Å². The van der Waals surface area contributed by atoms with Crippen LogP contribution in [0.2, 0.25) is 0 Å². The second-order valence-corrected chi connectivity index (χ2v) is 4.32. The van der Waals surface area contributed by atoms with Crippen LogP contribution in [0.5, 0.6) is 0 Å². The zero-order valence-corrected chi connectivity index (χ0v) is 9.77. The van der Waals surface area contributed by atoms with Gasteiger partial charge in [-0.25, -0.2) is 0 Å². The molecule has 1 aliphatic rings. The SMILES string of the molecule is Cc1ccccc1N(C)C[C@H]1CCOC1=O. The number of para-hydroxylation sites is 1. The lowest BCUT2D eigenvalue weighted by atomic mass is 10.1. The zero-order valence-electron chi connectivity index (χ0n) is 9.77. The molecule has 0 unspecified atom stereocenters. The summed E-state index contributed by atoms with van der Waals surface area (Å²) in [5.41, 5.74) is 2.42. The third-order valence-corrected chi connectivity index (χ3v) is 3.06. The Hall–Kier alpha value is -1.51. The summed E-state index contributed by atoms with van der Waals surface area (Å²) in [5, 5.41) is 0. The van der Waals surface area contributed by atoms with Crippen molar-refractivity contribution in [2.45, 2.75) is 13.3 Å². The maximum absolute atomic E-state index is 11.4. The van der Waals surface area contributed by atoms with Gasteiger partial charge in [-0.05, 0) is 25.0 Å². The van der Waals surface area contributed by atoms with E-state index in [1.165, 1.54) is 11.3 Å². The number of carbonyl (C=O) groups is 1. The van der Waals surface area contributed by atoms with Crippen LogP contribution in [-0.4, -0.2) is 26.2 Å². The smallest absolute Gasteiger partial charge is 0.310 e. The highest BCUT2D eigenvalue weighted by Crippen LogP contribution is 2.22. The van der Waals surface area contributed by atoms with Crippen LogP contribution in [0.3, 0.4) is 0 Å². The molecule has 1 saturated heterocycles. The number of hydrogen-bond acceptors (Lipinski definition) is 3. The Kier molecular flexibility index (Phi) is 3.13. The fourth-order valence-corrected chi connectivity index (χ4v) is 2.12. The van der Waals surface area contributed by atoms with Crippen LogP contribution in [0.4, 0.5) is 5.69 Å². The number of ether oxygens (including phenoxy) is 1. The van der Waals surface area contributed by atoms with E-state index in [9.17, 15) is 4.79 Å². The summed E-state index contributed by atoms with van der Waals surface area (Å²) in [6.45, 7) is 3.40. The lowest BCUT2D eigenvalue weighted by Gasteiger charge is -2.23. The van der Waals surface area contributed by atoms with Crippen molar-refractivity contribution in [2.75, 3.05) is 25.1 Å². The van der Waals surface area contributed by atoms with E-state index in [0.717, 1.165) is 13.0 Å². The van der Waals surface area contributed by atoms with E-state index in [2.05, 4.69) is 24.0 Å². The number of benzene rings is 1. The van der Waals surface area contributed by atoms with Gasteiger partial charge < -0.3 is 9.64 Å². The van der Waals surface area contributed by atoms with Gasteiger partial charge in [0, 0.05) is 19.3 Å². The van der Waals surface area contributed by atoms with E-state index in [1.54, 1.807) is 0 Å². The monoisotopic (exact) mass is 219 g/mol. The molecular formula is C13H17NO2. The molecule has 1 aromatic rings. The normalized spacial score (nSPS) is 19.6. The minimum Gasteiger partial charge on any atom is -0.465 e. The van der Waals surface area contributed by atoms with Crippen LogP contribution in [0, 0.1) is 12.8 Å². The summed E-state index contributed by atoms with van der Waals surface area (Å²) in [6, 6.07) is 8.21. The van der Waals surface area contributed by atoms with Gasteiger partial charge in [-0.2, -0.15) is 0 Å². The van der Waals surface area contributed by atoms with Crippen LogP contribution in [0.25, 0.3) is 0 Å². The highest BCUT2D eigenvalue weighted by Gasteiger charge is 2.27. The molecule has 3 nitrogen and oxygen atoms in total. The average Bonchev–Trinajstić information content (AvgIpc) is 2.65. The van der Waals surface area contributed by atoms with E-state index < -0.39 is 0 Å². The fraction of sp³-hybridized carbons (Fsp3) is 0.462. The lowest BCUT2D eigenvalue weighted by Crippen LogP contribution is -2.28. The first-order valence-corrected chi connectivity index (χ1v) is 5.62. The molecule has 0 N–H and O–H groups in total. The van der Waals surface area contributed by atoms with Gasteiger partial charge in [0.05, 0.1) is 12.5 Å². The molecule has 1 aromatic carbocycles. The molecule has 3 heteroatoms. The van der Waals surface area contributed by atoms with Gasteiger partial charge in [0.15, 0.2) is 0 Å². The number of aryl methyl sites for hydroxylation is 1. The number of carbonyl (C=O) groups excluding carboxylic acids is 1. The third-order valence-electron chi connectivity index (χ3n) is 3.06. The molecule has 86 valence electrons. The third kappa shape index (κ3) is 2.18. The summed E-state index contributed by atoms with van der Waals surface area (Å²) in [4.78, 5) is 13.5. The largest absolute Gasteiger partial charge is 0.465 e. The number of nitrogens with zero attached hydrogens (tertiary/aromatic N) is 1. The first-order valence-electron chi connectivity index (χ1n) is 5.62. The second-order valence-electron chi connectivity index (χ2n) is 4.32. The number of cyclic esters (lactones) is 1. The Balaban J connectivity index is 2.05. The van der Waals surface area contributed by atoms with Gasteiger partial charge >= 0.3 is 5.97 Å². The Morgan fingerprint density at radius 3 is 2.81 bits per heavy atom. The van der Waals surface area contributed by atoms with E-state index in [-0.39, 0.29) is 11.9 Å². The van der Waals surface area contributed by atoms with E-state index in [1.807, 2.05) is 19.2 Å². The Labute approximate surface area is 96.0 Å². The van der Waals surface area contributed by atoms with Gasteiger partial charge in [-0.1, -0.05) is 18.2 Å². The molecular weight excluding hydrogens is 202 g/mol. The maximum atomic E-state index is 11.4. The number of rotatable bonds is 3. The van der Waals surface area contributed by atoms with E-state index in [4.69, 9.17) is 4.74 Å². The molecule has 0 amide bonds. The molecule has 16 heavy (non-hydrogen) atoms. The maximum Gasteiger partial charge on any atom is 0.310 e. The number of esters is 1. The highest BCUT2D eigenvalue weighted by molar-refractivity contribution is 5.75. The molecule has 2 rings (SSSR count). The van der Waals surface area contributed by atoms with Crippen LogP contribution in [-0.2, 0) is 9.53 Å². The predicted octanol–water partition coefficient (Wildman–Crippen LogP) is 1.99.